The summed E-state index contributed by atoms with van der Waals surface area (Å²) in [6.45, 7) is 7.58. The molecular weight excluding hydrogens is 360 g/mol. The molecule has 0 aromatic heterocycles. The molecule has 28 heavy (non-hydrogen) atoms. The highest BCUT2D eigenvalue weighted by molar-refractivity contribution is 6.12. The molecule has 6 nitrogen and oxygen atoms in total. The van der Waals surface area contributed by atoms with E-state index in [0.29, 0.717) is 0 Å². The lowest BCUT2D eigenvalue weighted by Crippen LogP contribution is -2.12. The molecule has 0 bridgehead atoms. The second-order valence-electron chi connectivity index (χ2n) is 6.50. The van der Waals surface area contributed by atoms with Crippen molar-refractivity contribution in [3.8, 4) is 5.75 Å². The van der Waals surface area contributed by atoms with Gasteiger partial charge in [0.2, 0.25) is 0 Å². The van der Waals surface area contributed by atoms with E-state index in [1.165, 1.54) is 24.3 Å². The number of benzene rings is 2. The van der Waals surface area contributed by atoms with E-state index >= 15 is 0 Å². The van der Waals surface area contributed by atoms with E-state index in [1.807, 2.05) is 13.8 Å². The molecule has 0 saturated heterocycles. The summed E-state index contributed by atoms with van der Waals surface area (Å²) < 4.78 is 9.97. The maximum Gasteiger partial charge on any atom is 0.338 e. The van der Waals surface area contributed by atoms with E-state index in [9.17, 15) is 19.5 Å². The third-order valence-electron chi connectivity index (χ3n) is 4.15. The molecule has 0 aliphatic rings. The van der Waals surface area contributed by atoms with Gasteiger partial charge in [-0.3, -0.25) is 4.79 Å². The summed E-state index contributed by atoms with van der Waals surface area (Å²) in [5, 5.41) is 10.2. The van der Waals surface area contributed by atoms with Crippen molar-refractivity contribution in [3.05, 3.63) is 64.2 Å². The summed E-state index contributed by atoms with van der Waals surface area (Å²) in [6.07, 6.45) is 0. The average Bonchev–Trinajstić information content (AvgIpc) is 2.67. The fourth-order valence-corrected chi connectivity index (χ4v) is 2.67. The van der Waals surface area contributed by atoms with Crippen LogP contribution in [0.5, 0.6) is 5.75 Å². The van der Waals surface area contributed by atoms with Crippen molar-refractivity contribution in [2.24, 2.45) is 0 Å². The van der Waals surface area contributed by atoms with Gasteiger partial charge in [0.15, 0.2) is 5.78 Å². The minimum Gasteiger partial charge on any atom is -0.507 e. The molecule has 0 atom stereocenters. The second-order valence-corrected chi connectivity index (χ2v) is 6.50. The lowest BCUT2D eigenvalue weighted by Gasteiger charge is -2.12. The van der Waals surface area contributed by atoms with Crippen LogP contribution in [0.4, 0.5) is 0 Å². The average molecular weight is 384 g/mol. The molecule has 1 N–H and O–H groups in total. The lowest BCUT2D eigenvalue weighted by molar-refractivity contribution is 0.0525. The van der Waals surface area contributed by atoms with Gasteiger partial charge < -0.3 is 14.6 Å². The highest BCUT2D eigenvalue weighted by Crippen LogP contribution is 2.26. The van der Waals surface area contributed by atoms with Crippen LogP contribution >= 0.6 is 0 Å². The summed E-state index contributed by atoms with van der Waals surface area (Å²) in [6, 6.07) is 8.86. The van der Waals surface area contributed by atoms with Gasteiger partial charge in [-0.1, -0.05) is 19.9 Å². The number of phenols is 1. The molecule has 148 valence electrons. The Morgan fingerprint density at radius 1 is 0.857 bits per heavy atom. The van der Waals surface area contributed by atoms with Crippen molar-refractivity contribution in [2.75, 3.05) is 13.2 Å². The SMILES string of the molecule is CCOC(=O)c1cc(C(=O)OCC)cc(C(=O)c2cc(C(C)C)ccc2O)c1. The smallest absolute Gasteiger partial charge is 0.338 e. The minimum atomic E-state index is -0.650. The van der Waals surface area contributed by atoms with Gasteiger partial charge in [0.1, 0.15) is 5.75 Å². The van der Waals surface area contributed by atoms with E-state index in [1.54, 1.807) is 26.0 Å². The normalized spacial score (nSPS) is 10.6. The number of hydrogen-bond donors (Lipinski definition) is 1. The van der Waals surface area contributed by atoms with Gasteiger partial charge in [-0.25, -0.2) is 9.59 Å². The predicted molar refractivity (Wildman–Crippen MR) is 104 cm³/mol. The zero-order chi connectivity index (χ0) is 20.8. The van der Waals surface area contributed by atoms with Crippen molar-refractivity contribution in [3.63, 3.8) is 0 Å². The highest BCUT2D eigenvalue weighted by atomic mass is 16.5. The fourth-order valence-electron chi connectivity index (χ4n) is 2.67. The largest absolute Gasteiger partial charge is 0.507 e. The summed E-state index contributed by atoms with van der Waals surface area (Å²) >= 11 is 0. The molecule has 2 aromatic rings. The van der Waals surface area contributed by atoms with Crippen LogP contribution in [0.15, 0.2) is 36.4 Å². The van der Waals surface area contributed by atoms with Crippen molar-refractivity contribution >= 4 is 17.7 Å². The molecule has 0 aliphatic carbocycles. The van der Waals surface area contributed by atoms with Crippen LogP contribution in [0, 0.1) is 0 Å². The molecule has 0 heterocycles. The van der Waals surface area contributed by atoms with Crippen molar-refractivity contribution in [1.29, 1.82) is 0 Å². The Balaban J connectivity index is 2.57. The van der Waals surface area contributed by atoms with Crippen LogP contribution < -0.4 is 0 Å². The molecule has 0 amide bonds. The minimum absolute atomic E-state index is 0.0651. The third kappa shape index (κ3) is 4.76. The number of aromatic hydroxyl groups is 1. The van der Waals surface area contributed by atoms with Gasteiger partial charge in [0, 0.05) is 5.56 Å². The molecular formula is C22H24O6. The van der Waals surface area contributed by atoms with Crippen LogP contribution in [0.1, 0.15) is 75.8 Å². The first-order chi connectivity index (χ1) is 13.3. The Morgan fingerprint density at radius 3 is 1.82 bits per heavy atom. The standard InChI is InChI=1S/C22H24O6/c1-5-27-21(25)16-9-15(10-17(11-16)22(26)28-6-2)20(24)18-12-14(13(3)4)7-8-19(18)23/h7-13,23H,5-6H2,1-4H3. The van der Waals surface area contributed by atoms with Gasteiger partial charge in [-0.2, -0.15) is 0 Å². The van der Waals surface area contributed by atoms with Crippen molar-refractivity contribution < 1.29 is 29.0 Å². The molecule has 2 aromatic carbocycles. The van der Waals surface area contributed by atoms with E-state index in [0.717, 1.165) is 5.56 Å². The van der Waals surface area contributed by atoms with Crippen LogP contribution in [-0.2, 0) is 9.47 Å². The Hall–Kier alpha value is -3.15. The first-order valence-electron chi connectivity index (χ1n) is 9.15. The Labute approximate surface area is 164 Å². The van der Waals surface area contributed by atoms with E-state index in [-0.39, 0.29) is 47.1 Å². The topological polar surface area (TPSA) is 89.9 Å². The highest BCUT2D eigenvalue weighted by Gasteiger charge is 2.21. The zero-order valence-corrected chi connectivity index (χ0v) is 16.4. The number of ketones is 1. The molecule has 2 rings (SSSR count). The second kappa shape index (κ2) is 9.17. The number of hydrogen-bond acceptors (Lipinski definition) is 6. The number of rotatable bonds is 7. The maximum atomic E-state index is 13.0. The Kier molecular flexibility index (Phi) is 6.93. The summed E-state index contributed by atoms with van der Waals surface area (Å²) in [4.78, 5) is 37.4. The summed E-state index contributed by atoms with van der Waals surface area (Å²) in [7, 11) is 0. The molecule has 0 radical (unpaired) electrons. The molecule has 0 saturated carbocycles. The molecule has 0 aliphatic heterocycles. The number of carbonyl (C=O) groups excluding carboxylic acids is 3. The van der Waals surface area contributed by atoms with Crippen molar-refractivity contribution in [1.82, 2.24) is 0 Å². The number of esters is 2. The van der Waals surface area contributed by atoms with Crippen LogP contribution in [0.25, 0.3) is 0 Å². The van der Waals surface area contributed by atoms with Gasteiger partial charge in [-0.15, -0.1) is 0 Å². The summed E-state index contributed by atoms with van der Waals surface area (Å²) in [5.41, 5.74) is 1.20. The molecule has 0 unspecified atom stereocenters. The third-order valence-corrected chi connectivity index (χ3v) is 4.15. The first-order valence-corrected chi connectivity index (χ1v) is 9.15. The number of ether oxygens (including phenoxy) is 2. The van der Waals surface area contributed by atoms with Gasteiger partial charge in [-0.05, 0) is 55.7 Å². The van der Waals surface area contributed by atoms with E-state index < -0.39 is 17.7 Å². The number of carbonyl (C=O) groups is 3. The van der Waals surface area contributed by atoms with Crippen LogP contribution in [0.3, 0.4) is 0 Å². The molecule has 0 fully saturated rings. The monoisotopic (exact) mass is 384 g/mol. The lowest BCUT2D eigenvalue weighted by atomic mass is 9.94. The van der Waals surface area contributed by atoms with Gasteiger partial charge in [0.25, 0.3) is 0 Å². The quantitative estimate of drug-likeness (QED) is 0.571. The Bertz CT molecular complexity index is 862. The van der Waals surface area contributed by atoms with Gasteiger partial charge in [0.05, 0.1) is 29.9 Å². The predicted octanol–water partition coefficient (Wildman–Crippen LogP) is 4.10. The van der Waals surface area contributed by atoms with E-state index in [4.69, 9.17) is 9.47 Å². The fraction of sp³-hybridized carbons (Fsp3) is 0.318. The summed E-state index contributed by atoms with van der Waals surface area (Å²) in [5.74, 6) is -1.82. The Morgan fingerprint density at radius 2 is 1.36 bits per heavy atom. The van der Waals surface area contributed by atoms with Crippen LogP contribution in [0.2, 0.25) is 0 Å². The van der Waals surface area contributed by atoms with E-state index in [2.05, 4.69) is 0 Å². The molecule has 0 spiro atoms. The zero-order valence-electron chi connectivity index (χ0n) is 16.4. The van der Waals surface area contributed by atoms with Crippen LogP contribution in [-0.4, -0.2) is 36.0 Å². The maximum absolute atomic E-state index is 13.0. The first kappa shape index (κ1) is 21.2. The van der Waals surface area contributed by atoms with Gasteiger partial charge >= 0.3 is 11.9 Å². The molecule has 6 heteroatoms. The number of phenolic OH excluding ortho intramolecular Hbond substituents is 1. The van der Waals surface area contributed by atoms with Crippen molar-refractivity contribution in [2.45, 2.75) is 33.6 Å².